The summed E-state index contributed by atoms with van der Waals surface area (Å²) < 4.78 is 18.0. The number of carbonyl (C=O) groups is 1. The van der Waals surface area contributed by atoms with Crippen LogP contribution in [0.2, 0.25) is 5.02 Å². The molecule has 16 heavy (non-hydrogen) atoms. The molecule has 4 nitrogen and oxygen atoms in total. The Kier molecular flexibility index (Phi) is 4.09. The van der Waals surface area contributed by atoms with Gasteiger partial charge in [-0.2, -0.15) is 0 Å². The van der Waals surface area contributed by atoms with Crippen molar-refractivity contribution in [2.24, 2.45) is 5.73 Å². The van der Waals surface area contributed by atoms with E-state index in [0.717, 1.165) is 6.07 Å². The van der Waals surface area contributed by atoms with Gasteiger partial charge < -0.3 is 15.6 Å². The Morgan fingerprint density at radius 2 is 2.31 bits per heavy atom. The van der Waals surface area contributed by atoms with Gasteiger partial charge in [-0.15, -0.1) is 0 Å². The van der Waals surface area contributed by atoms with Gasteiger partial charge in [-0.25, -0.2) is 4.39 Å². The lowest BCUT2D eigenvalue weighted by Crippen LogP contribution is -2.32. The lowest BCUT2D eigenvalue weighted by molar-refractivity contribution is -0.138. The fourth-order valence-corrected chi connectivity index (χ4v) is 1.43. The zero-order valence-corrected chi connectivity index (χ0v) is 9.29. The van der Waals surface area contributed by atoms with Crippen LogP contribution in [0, 0.1) is 5.82 Å². The molecule has 0 radical (unpaired) electrons. The quantitative estimate of drug-likeness (QED) is 0.845. The lowest BCUT2D eigenvalue weighted by Gasteiger charge is -2.11. The molecule has 1 aromatic carbocycles. The topological polar surface area (TPSA) is 72.5 Å². The third-order valence-electron chi connectivity index (χ3n) is 2.08. The summed E-state index contributed by atoms with van der Waals surface area (Å²) in [7, 11) is 1.36. The van der Waals surface area contributed by atoms with Crippen LogP contribution in [0.4, 0.5) is 4.39 Å². The molecule has 0 spiro atoms. The van der Waals surface area contributed by atoms with Gasteiger partial charge in [-0.3, -0.25) is 4.79 Å². The van der Waals surface area contributed by atoms with E-state index in [0.29, 0.717) is 5.56 Å². The summed E-state index contributed by atoms with van der Waals surface area (Å²) in [5.41, 5.74) is 5.83. The third-order valence-corrected chi connectivity index (χ3v) is 2.37. The van der Waals surface area contributed by atoms with Gasteiger partial charge in [0.05, 0.1) is 12.1 Å². The van der Waals surface area contributed by atoms with Crippen LogP contribution >= 0.6 is 11.6 Å². The summed E-state index contributed by atoms with van der Waals surface area (Å²) in [5, 5.41) is 8.57. The van der Waals surface area contributed by atoms with Gasteiger partial charge in [0.1, 0.15) is 17.6 Å². The third kappa shape index (κ3) is 2.84. The van der Waals surface area contributed by atoms with Crippen molar-refractivity contribution < 1.29 is 19.0 Å². The highest BCUT2D eigenvalue weighted by Gasteiger charge is 2.16. The number of halogens is 2. The van der Waals surface area contributed by atoms with Gasteiger partial charge in [-0.1, -0.05) is 11.6 Å². The molecule has 1 unspecified atom stereocenters. The highest BCUT2D eigenvalue weighted by molar-refractivity contribution is 6.30. The summed E-state index contributed by atoms with van der Waals surface area (Å²) in [6, 6.07) is 1.35. The van der Waals surface area contributed by atoms with E-state index in [1.165, 1.54) is 13.2 Å². The van der Waals surface area contributed by atoms with E-state index in [1.54, 1.807) is 0 Å². The zero-order chi connectivity index (χ0) is 12.3. The van der Waals surface area contributed by atoms with Gasteiger partial charge in [-0.05, 0) is 11.6 Å². The van der Waals surface area contributed by atoms with E-state index in [-0.39, 0.29) is 17.2 Å². The minimum Gasteiger partial charge on any atom is -0.496 e. The van der Waals surface area contributed by atoms with Crippen molar-refractivity contribution >= 4 is 17.6 Å². The summed E-state index contributed by atoms with van der Waals surface area (Å²) in [6.07, 6.45) is 0.0263. The summed E-state index contributed by atoms with van der Waals surface area (Å²) in [6.45, 7) is 0. The molecular weight excluding hydrogens is 237 g/mol. The Bertz CT molecular complexity index is 411. The molecule has 0 aromatic heterocycles. The summed E-state index contributed by atoms with van der Waals surface area (Å²) in [4.78, 5) is 10.6. The van der Waals surface area contributed by atoms with Crippen molar-refractivity contribution in [1.82, 2.24) is 0 Å². The Hall–Kier alpha value is -1.33. The number of hydrogen-bond acceptors (Lipinski definition) is 3. The predicted molar refractivity (Wildman–Crippen MR) is 57.3 cm³/mol. The molecular formula is C10H11ClFNO3. The average molecular weight is 248 g/mol. The standard InChI is InChI=1S/C10H11ClFNO3/c1-16-9-4-7(12)6(11)2-5(9)3-8(13)10(14)15/h2,4,8H,3,13H2,1H3,(H,14,15). The zero-order valence-electron chi connectivity index (χ0n) is 8.54. The molecule has 0 aliphatic carbocycles. The van der Waals surface area contributed by atoms with E-state index in [4.69, 9.17) is 27.2 Å². The Morgan fingerprint density at radius 1 is 1.69 bits per heavy atom. The van der Waals surface area contributed by atoms with Gasteiger partial charge in [0.2, 0.25) is 0 Å². The Morgan fingerprint density at radius 3 is 2.81 bits per heavy atom. The number of carboxylic acid groups (broad SMARTS) is 1. The molecule has 88 valence electrons. The smallest absolute Gasteiger partial charge is 0.320 e. The first-order valence-corrected chi connectivity index (χ1v) is 4.83. The maximum Gasteiger partial charge on any atom is 0.320 e. The molecule has 0 heterocycles. The van der Waals surface area contributed by atoms with E-state index in [9.17, 15) is 9.18 Å². The molecule has 0 saturated carbocycles. The number of methoxy groups -OCH3 is 1. The monoisotopic (exact) mass is 247 g/mol. The van der Waals surface area contributed by atoms with Crippen molar-refractivity contribution in [3.63, 3.8) is 0 Å². The summed E-state index contributed by atoms with van der Waals surface area (Å²) >= 11 is 5.59. The fraction of sp³-hybridized carbons (Fsp3) is 0.300. The van der Waals surface area contributed by atoms with Crippen LogP contribution in [0.25, 0.3) is 0 Å². The van der Waals surface area contributed by atoms with Crippen LogP contribution in [0.15, 0.2) is 12.1 Å². The predicted octanol–water partition coefficient (Wildman–Crippen LogP) is 1.44. The Labute approximate surface area is 96.8 Å². The fourth-order valence-electron chi connectivity index (χ4n) is 1.24. The van der Waals surface area contributed by atoms with Crippen molar-refractivity contribution in [1.29, 1.82) is 0 Å². The molecule has 1 aromatic rings. The van der Waals surface area contributed by atoms with Gasteiger partial charge in [0, 0.05) is 12.5 Å². The normalized spacial score (nSPS) is 12.2. The highest BCUT2D eigenvalue weighted by Crippen LogP contribution is 2.26. The molecule has 1 rings (SSSR count). The first kappa shape index (κ1) is 12.7. The largest absolute Gasteiger partial charge is 0.496 e. The van der Waals surface area contributed by atoms with Crippen molar-refractivity contribution in [2.75, 3.05) is 7.11 Å². The van der Waals surface area contributed by atoms with Gasteiger partial charge >= 0.3 is 5.97 Å². The molecule has 0 amide bonds. The number of ether oxygens (including phenoxy) is 1. The van der Waals surface area contributed by atoms with E-state index >= 15 is 0 Å². The molecule has 0 bridgehead atoms. The maximum absolute atomic E-state index is 13.1. The van der Waals surface area contributed by atoms with E-state index < -0.39 is 17.8 Å². The van der Waals surface area contributed by atoms with Gasteiger partial charge in [0.15, 0.2) is 0 Å². The van der Waals surface area contributed by atoms with Crippen LogP contribution in [-0.4, -0.2) is 24.2 Å². The first-order chi connectivity index (χ1) is 7.45. The van der Waals surface area contributed by atoms with Crippen molar-refractivity contribution in [3.05, 3.63) is 28.5 Å². The SMILES string of the molecule is COc1cc(F)c(Cl)cc1CC(N)C(=O)O. The molecule has 0 aliphatic heterocycles. The Balaban J connectivity index is 3.03. The molecule has 0 fully saturated rings. The van der Waals surface area contributed by atoms with E-state index in [1.807, 2.05) is 0 Å². The molecule has 3 N–H and O–H groups in total. The van der Waals surface area contributed by atoms with Gasteiger partial charge in [0.25, 0.3) is 0 Å². The van der Waals surface area contributed by atoms with Crippen molar-refractivity contribution in [2.45, 2.75) is 12.5 Å². The van der Waals surface area contributed by atoms with Crippen LogP contribution < -0.4 is 10.5 Å². The second kappa shape index (κ2) is 5.14. The number of carboxylic acids is 1. The number of rotatable bonds is 4. The first-order valence-electron chi connectivity index (χ1n) is 4.46. The van der Waals surface area contributed by atoms with Crippen LogP contribution in [0.5, 0.6) is 5.75 Å². The lowest BCUT2D eigenvalue weighted by atomic mass is 10.1. The van der Waals surface area contributed by atoms with Crippen LogP contribution in [0.3, 0.4) is 0 Å². The van der Waals surface area contributed by atoms with E-state index in [2.05, 4.69) is 0 Å². The number of hydrogen-bond donors (Lipinski definition) is 2. The number of nitrogens with two attached hydrogens (primary N) is 1. The highest BCUT2D eigenvalue weighted by atomic mass is 35.5. The second-order valence-corrected chi connectivity index (χ2v) is 3.63. The maximum atomic E-state index is 13.1. The van der Waals surface area contributed by atoms with Crippen LogP contribution in [-0.2, 0) is 11.2 Å². The molecule has 0 aliphatic rings. The molecule has 1 atom stereocenters. The summed E-state index contributed by atoms with van der Waals surface area (Å²) in [5.74, 6) is -1.52. The number of aliphatic carboxylic acids is 1. The van der Waals surface area contributed by atoms with Crippen molar-refractivity contribution in [3.8, 4) is 5.75 Å². The number of benzene rings is 1. The minimum atomic E-state index is -1.14. The second-order valence-electron chi connectivity index (χ2n) is 3.23. The minimum absolute atomic E-state index is 0.0263. The molecule has 6 heteroatoms. The molecule has 0 saturated heterocycles. The van der Waals surface area contributed by atoms with Crippen LogP contribution in [0.1, 0.15) is 5.56 Å². The average Bonchev–Trinajstić information content (AvgIpc) is 2.22.